The molecule has 6 heteroatoms. The maximum Gasteiger partial charge on any atom is 0.125 e. The lowest BCUT2D eigenvalue weighted by molar-refractivity contribution is 0.0977. The summed E-state index contributed by atoms with van der Waals surface area (Å²) in [6.45, 7) is 3.94. The van der Waals surface area contributed by atoms with Gasteiger partial charge in [0.15, 0.2) is 0 Å². The molecule has 1 heterocycles. The van der Waals surface area contributed by atoms with Gasteiger partial charge in [-0.05, 0) is 63.5 Å². The van der Waals surface area contributed by atoms with Gasteiger partial charge in [-0.2, -0.15) is 0 Å². The Morgan fingerprint density at radius 2 is 1.45 bits per heavy atom. The molecular formula is C23H27NO5. The minimum absolute atomic E-state index is 0.135. The SMILES string of the molecule is CCN1Cc2c(c3cc(OC)c(CO)cc3c3cc(CO)c(OC)cc23)C(O)C1. The van der Waals surface area contributed by atoms with E-state index in [-0.39, 0.29) is 13.2 Å². The highest BCUT2D eigenvalue weighted by Crippen LogP contribution is 2.43. The lowest BCUT2D eigenvalue weighted by atomic mass is 9.85. The molecule has 29 heavy (non-hydrogen) atoms. The average Bonchev–Trinajstić information content (AvgIpc) is 2.76. The Labute approximate surface area is 169 Å². The van der Waals surface area contributed by atoms with Crippen molar-refractivity contribution in [3.8, 4) is 11.5 Å². The first-order valence-corrected chi connectivity index (χ1v) is 9.84. The summed E-state index contributed by atoms with van der Waals surface area (Å²) >= 11 is 0. The van der Waals surface area contributed by atoms with Gasteiger partial charge in [0, 0.05) is 24.2 Å². The Kier molecular flexibility index (Phi) is 5.36. The van der Waals surface area contributed by atoms with Gasteiger partial charge in [-0.3, -0.25) is 4.90 Å². The quantitative estimate of drug-likeness (QED) is 0.575. The van der Waals surface area contributed by atoms with E-state index in [1.165, 1.54) is 0 Å². The Bertz CT molecular complexity index is 1080. The largest absolute Gasteiger partial charge is 0.496 e. The van der Waals surface area contributed by atoms with Crippen molar-refractivity contribution < 1.29 is 24.8 Å². The molecule has 0 radical (unpaired) electrons. The molecule has 0 spiro atoms. The minimum atomic E-state index is -0.626. The number of rotatable bonds is 5. The van der Waals surface area contributed by atoms with Gasteiger partial charge in [-0.15, -0.1) is 0 Å². The van der Waals surface area contributed by atoms with Crippen LogP contribution in [-0.4, -0.2) is 47.5 Å². The zero-order valence-corrected chi connectivity index (χ0v) is 17.0. The molecule has 0 fully saturated rings. The molecular weight excluding hydrogens is 370 g/mol. The Balaban J connectivity index is 2.18. The van der Waals surface area contributed by atoms with Crippen LogP contribution >= 0.6 is 0 Å². The van der Waals surface area contributed by atoms with E-state index >= 15 is 0 Å². The van der Waals surface area contributed by atoms with Crippen LogP contribution in [0.1, 0.15) is 35.3 Å². The van der Waals surface area contributed by atoms with Crippen LogP contribution in [0.25, 0.3) is 21.5 Å². The van der Waals surface area contributed by atoms with E-state index < -0.39 is 6.10 Å². The topological polar surface area (TPSA) is 82.4 Å². The molecule has 0 aliphatic carbocycles. The summed E-state index contributed by atoms with van der Waals surface area (Å²) in [5.41, 5.74) is 3.35. The fourth-order valence-electron chi connectivity index (χ4n) is 4.52. The number of likely N-dealkylation sites (N-methyl/N-ethyl adjacent to an activating group) is 1. The molecule has 0 bridgehead atoms. The molecule has 0 amide bonds. The number of aliphatic hydroxyl groups excluding tert-OH is 3. The van der Waals surface area contributed by atoms with E-state index in [0.29, 0.717) is 29.2 Å². The van der Waals surface area contributed by atoms with E-state index in [9.17, 15) is 15.3 Å². The van der Waals surface area contributed by atoms with Gasteiger partial charge < -0.3 is 24.8 Å². The number of methoxy groups -OCH3 is 2. The number of benzene rings is 3. The summed E-state index contributed by atoms with van der Waals surface area (Å²) in [4.78, 5) is 2.21. The van der Waals surface area contributed by atoms with E-state index in [1.54, 1.807) is 14.2 Å². The molecule has 1 aliphatic rings. The van der Waals surface area contributed by atoms with Gasteiger partial charge in [-0.1, -0.05) is 6.92 Å². The second-order valence-electron chi connectivity index (χ2n) is 7.47. The van der Waals surface area contributed by atoms with Crippen LogP contribution in [0.4, 0.5) is 0 Å². The number of ether oxygens (including phenoxy) is 2. The highest BCUT2D eigenvalue weighted by molar-refractivity contribution is 6.12. The van der Waals surface area contributed by atoms with Crippen LogP contribution in [0, 0.1) is 0 Å². The van der Waals surface area contributed by atoms with E-state index in [0.717, 1.165) is 45.8 Å². The van der Waals surface area contributed by atoms with Crippen LogP contribution in [0.5, 0.6) is 11.5 Å². The molecule has 3 aromatic carbocycles. The molecule has 1 unspecified atom stereocenters. The van der Waals surface area contributed by atoms with Gasteiger partial charge in [0.25, 0.3) is 0 Å². The molecule has 4 rings (SSSR count). The van der Waals surface area contributed by atoms with E-state index in [1.807, 2.05) is 24.3 Å². The van der Waals surface area contributed by atoms with Crippen LogP contribution in [-0.2, 0) is 19.8 Å². The standard InChI is InChI=1S/C23H27NO5/c1-4-24-9-19-17-7-21(28-2)13(11-25)5-15(17)16-6-14(12-26)22(29-3)8-18(16)23(19)20(27)10-24/h5-8,20,25-27H,4,9-12H2,1-3H3. The summed E-state index contributed by atoms with van der Waals surface area (Å²) in [5, 5.41) is 34.5. The summed E-state index contributed by atoms with van der Waals surface area (Å²) in [5.74, 6) is 1.23. The Morgan fingerprint density at radius 1 is 0.897 bits per heavy atom. The minimum Gasteiger partial charge on any atom is -0.496 e. The molecule has 0 aromatic heterocycles. The molecule has 3 aromatic rings. The third-order valence-corrected chi connectivity index (χ3v) is 6.01. The lowest BCUT2D eigenvalue weighted by Crippen LogP contribution is -2.33. The van der Waals surface area contributed by atoms with Crippen LogP contribution in [0.15, 0.2) is 24.3 Å². The predicted octanol–water partition coefficient (Wildman–Crippen LogP) is 2.86. The molecule has 6 nitrogen and oxygen atoms in total. The fraction of sp³-hybridized carbons (Fsp3) is 0.391. The van der Waals surface area contributed by atoms with Gasteiger partial charge >= 0.3 is 0 Å². The summed E-state index contributed by atoms with van der Waals surface area (Å²) in [6, 6.07) is 7.73. The number of aliphatic hydroxyl groups is 3. The van der Waals surface area contributed by atoms with E-state index in [4.69, 9.17) is 9.47 Å². The maximum absolute atomic E-state index is 11.0. The lowest BCUT2D eigenvalue weighted by Gasteiger charge is -2.34. The van der Waals surface area contributed by atoms with Crippen molar-refractivity contribution >= 4 is 21.5 Å². The number of fused-ring (bicyclic) bond motifs is 6. The monoisotopic (exact) mass is 397 g/mol. The van der Waals surface area contributed by atoms with Gasteiger partial charge in [0.2, 0.25) is 0 Å². The molecule has 0 saturated carbocycles. The van der Waals surface area contributed by atoms with Crippen molar-refractivity contribution in [3.05, 3.63) is 46.5 Å². The second kappa shape index (κ2) is 7.80. The van der Waals surface area contributed by atoms with Crippen molar-refractivity contribution in [2.75, 3.05) is 27.3 Å². The Morgan fingerprint density at radius 3 is 1.97 bits per heavy atom. The summed E-state index contributed by atoms with van der Waals surface area (Å²) < 4.78 is 11.0. The smallest absolute Gasteiger partial charge is 0.125 e. The summed E-state index contributed by atoms with van der Waals surface area (Å²) in [7, 11) is 3.17. The molecule has 1 aliphatic heterocycles. The number of hydrogen-bond acceptors (Lipinski definition) is 6. The zero-order chi connectivity index (χ0) is 20.7. The van der Waals surface area contributed by atoms with Crippen molar-refractivity contribution in [3.63, 3.8) is 0 Å². The first-order valence-electron chi connectivity index (χ1n) is 9.84. The normalized spacial score (nSPS) is 17.0. The van der Waals surface area contributed by atoms with Crippen LogP contribution in [0.2, 0.25) is 0 Å². The second-order valence-corrected chi connectivity index (χ2v) is 7.47. The zero-order valence-electron chi connectivity index (χ0n) is 17.0. The van der Waals surface area contributed by atoms with Crippen molar-refractivity contribution in [1.29, 1.82) is 0 Å². The van der Waals surface area contributed by atoms with Crippen molar-refractivity contribution in [2.45, 2.75) is 32.8 Å². The van der Waals surface area contributed by atoms with E-state index in [2.05, 4.69) is 11.8 Å². The predicted molar refractivity (Wildman–Crippen MR) is 112 cm³/mol. The Hall–Kier alpha value is -2.38. The fourth-order valence-corrected chi connectivity index (χ4v) is 4.52. The van der Waals surface area contributed by atoms with Crippen molar-refractivity contribution in [2.24, 2.45) is 0 Å². The first-order chi connectivity index (χ1) is 14.1. The highest BCUT2D eigenvalue weighted by atomic mass is 16.5. The van der Waals surface area contributed by atoms with Gasteiger partial charge in [0.05, 0.1) is 33.5 Å². The van der Waals surface area contributed by atoms with Crippen LogP contribution in [0.3, 0.4) is 0 Å². The van der Waals surface area contributed by atoms with Crippen molar-refractivity contribution in [1.82, 2.24) is 4.90 Å². The first kappa shape index (κ1) is 19.9. The number of β-amino-alcohol motifs (C(OH)–C–C–N with tert-alkyl or cyclic N) is 1. The summed E-state index contributed by atoms with van der Waals surface area (Å²) in [6.07, 6.45) is -0.626. The highest BCUT2D eigenvalue weighted by Gasteiger charge is 2.28. The number of nitrogens with zero attached hydrogens (tertiary/aromatic N) is 1. The molecule has 3 N–H and O–H groups in total. The molecule has 0 saturated heterocycles. The average molecular weight is 397 g/mol. The molecule has 1 atom stereocenters. The van der Waals surface area contributed by atoms with Gasteiger partial charge in [-0.25, -0.2) is 0 Å². The van der Waals surface area contributed by atoms with Gasteiger partial charge in [0.1, 0.15) is 11.5 Å². The third kappa shape index (κ3) is 3.13. The third-order valence-electron chi connectivity index (χ3n) is 6.01. The molecule has 154 valence electrons. The maximum atomic E-state index is 11.0. The number of hydrogen-bond donors (Lipinski definition) is 3. The van der Waals surface area contributed by atoms with Crippen LogP contribution < -0.4 is 9.47 Å².